The van der Waals surface area contributed by atoms with Gasteiger partial charge in [-0.1, -0.05) is 0 Å². The van der Waals surface area contributed by atoms with E-state index in [0.29, 0.717) is 0 Å². The minimum Gasteiger partial charge on any atom is -0.456 e. The van der Waals surface area contributed by atoms with Gasteiger partial charge in [0.1, 0.15) is 5.78 Å². The zero-order valence-corrected chi connectivity index (χ0v) is 7.05. The van der Waals surface area contributed by atoms with Gasteiger partial charge in [-0.25, -0.2) is 0 Å². The molecule has 1 amide bonds. The predicted molar refractivity (Wildman–Crippen MR) is 40.3 cm³/mol. The van der Waals surface area contributed by atoms with E-state index in [4.69, 9.17) is 0 Å². The second kappa shape index (κ2) is 5.29. The third kappa shape index (κ3) is 6.73. The summed E-state index contributed by atoms with van der Waals surface area (Å²) in [5.74, 6) is -1.14. The highest BCUT2D eigenvalue weighted by Crippen LogP contribution is 1.76. The Labute approximate surface area is 70.1 Å². The molecule has 0 spiro atoms. The lowest BCUT2D eigenvalue weighted by Gasteiger charge is -2.01. The summed E-state index contributed by atoms with van der Waals surface area (Å²) in [5.41, 5.74) is 0. The van der Waals surface area contributed by atoms with Crippen molar-refractivity contribution in [2.24, 2.45) is 0 Å². The largest absolute Gasteiger partial charge is 0.456 e. The summed E-state index contributed by atoms with van der Waals surface area (Å²) in [4.78, 5) is 31.3. The zero-order chi connectivity index (χ0) is 9.56. The summed E-state index contributed by atoms with van der Waals surface area (Å²) in [6, 6.07) is 0. The van der Waals surface area contributed by atoms with Gasteiger partial charge in [0, 0.05) is 6.92 Å². The van der Waals surface area contributed by atoms with Crippen molar-refractivity contribution in [2.45, 2.75) is 13.8 Å². The van der Waals surface area contributed by atoms with Crippen molar-refractivity contribution < 1.29 is 19.1 Å². The highest BCUT2D eigenvalue weighted by molar-refractivity contribution is 5.85. The van der Waals surface area contributed by atoms with Crippen LogP contribution < -0.4 is 5.32 Å². The maximum Gasteiger partial charge on any atom is 0.303 e. The Hall–Kier alpha value is -1.39. The Kier molecular flexibility index (Phi) is 4.67. The van der Waals surface area contributed by atoms with Crippen LogP contribution >= 0.6 is 0 Å². The lowest BCUT2D eigenvalue weighted by molar-refractivity contribution is -0.146. The Morgan fingerprint density at radius 2 is 1.83 bits per heavy atom. The molecule has 0 atom stereocenters. The molecule has 0 aliphatic carbocycles. The highest BCUT2D eigenvalue weighted by Gasteiger charge is 2.03. The Balaban J connectivity index is 3.47. The quantitative estimate of drug-likeness (QED) is 0.568. The van der Waals surface area contributed by atoms with Crippen molar-refractivity contribution in [1.29, 1.82) is 0 Å². The summed E-state index contributed by atoms with van der Waals surface area (Å²) in [7, 11) is 0. The van der Waals surface area contributed by atoms with Crippen LogP contribution in [0.25, 0.3) is 0 Å². The maximum atomic E-state index is 10.7. The molecule has 0 saturated carbocycles. The fourth-order valence-electron chi connectivity index (χ4n) is 0.441. The number of rotatable bonds is 4. The first-order valence-electron chi connectivity index (χ1n) is 3.42. The number of carbonyl (C=O) groups excluding carboxylic acids is 3. The lowest BCUT2D eigenvalue weighted by Crippen LogP contribution is -2.32. The topological polar surface area (TPSA) is 72.5 Å². The third-order valence-corrected chi connectivity index (χ3v) is 0.941. The summed E-state index contributed by atoms with van der Waals surface area (Å²) in [6.07, 6.45) is 0. The normalized spacial score (nSPS) is 8.83. The summed E-state index contributed by atoms with van der Waals surface area (Å²) in [5, 5.41) is 2.27. The number of ketones is 1. The van der Waals surface area contributed by atoms with E-state index in [9.17, 15) is 14.4 Å². The molecule has 0 unspecified atom stereocenters. The standard InChI is InChI=1S/C7H11NO4/c1-5(9)3-8-7(11)4-12-6(2)10/h3-4H2,1-2H3,(H,8,11). The van der Waals surface area contributed by atoms with Gasteiger partial charge in [0.2, 0.25) is 0 Å². The second-order valence-corrected chi connectivity index (χ2v) is 2.26. The second-order valence-electron chi connectivity index (χ2n) is 2.26. The molecular formula is C7H11NO4. The SMILES string of the molecule is CC(=O)CNC(=O)COC(C)=O. The number of carbonyl (C=O) groups is 3. The van der Waals surface area contributed by atoms with Gasteiger partial charge in [-0.05, 0) is 6.92 Å². The molecule has 0 rings (SSSR count). The van der Waals surface area contributed by atoms with E-state index in [2.05, 4.69) is 10.1 Å². The molecule has 5 heteroatoms. The van der Waals surface area contributed by atoms with Gasteiger partial charge >= 0.3 is 5.97 Å². The van der Waals surface area contributed by atoms with E-state index in [1.807, 2.05) is 0 Å². The molecule has 1 N–H and O–H groups in total. The van der Waals surface area contributed by atoms with Crippen molar-refractivity contribution >= 4 is 17.7 Å². The lowest BCUT2D eigenvalue weighted by atomic mass is 10.4. The highest BCUT2D eigenvalue weighted by atomic mass is 16.5. The molecule has 0 fully saturated rings. The van der Waals surface area contributed by atoms with E-state index in [1.54, 1.807) is 0 Å². The Morgan fingerprint density at radius 3 is 2.25 bits per heavy atom. The molecule has 0 aliphatic heterocycles. The van der Waals surface area contributed by atoms with Crippen LogP contribution in [0.3, 0.4) is 0 Å². The molecule has 0 saturated heterocycles. The molecule has 68 valence electrons. The van der Waals surface area contributed by atoms with E-state index >= 15 is 0 Å². The van der Waals surface area contributed by atoms with Gasteiger partial charge in [-0.15, -0.1) is 0 Å². The summed E-state index contributed by atoms with van der Waals surface area (Å²) >= 11 is 0. The number of ether oxygens (including phenoxy) is 1. The van der Waals surface area contributed by atoms with Crippen LogP contribution in [-0.4, -0.2) is 30.8 Å². The Morgan fingerprint density at radius 1 is 1.25 bits per heavy atom. The number of esters is 1. The smallest absolute Gasteiger partial charge is 0.303 e. The number of Topliss-reactive ketones (excluding diaryl/α,β-unsaturated/α-hetero) is 1. The molecule has 0 aliphatic rings. The van der Waals surface area contributed by atoms with Crippen LogP contribution in [0.2, 0.25) is 0 Å². The molecular weight excluding hydrogens is 162 g/mol. The van der Waals surface area contributed by atoms with Crippen molar-refractivity contribution in [2.75, 3.05) is 13.2 Å². The minimum absolute atomic E-state index is 0.0277. The minimum atomic E-state index is -0.520. The van der Waals surface area contributed by atoms with E-state index < -0.39 is 11.9 Å². The van der Waals surface area contributed by atoms with Crippen LogP contribution in [0.1, 0.15) is 13.8 Å². The molecule has 0 heterocycles. The van der Waals surface area contributed by atoms with Gasteiger partial charge in [0.25, 0.3) is 5.91 Å². The molecule has 0 aromatic heterocycles. The molecule has 12 heavy (non-hydrogen) atoms. The molecule has 0 aromatic rings. The van der Waals surface area contributed by atoms with Gasteiger partial charge in [0.15, 0.2) is 6.61 Å². The van der Waals surface area contributed by atoms with E-state index in [1.165, 1.54) is 13.8 Å². The predicted octanol–water partition coefficient (Wildman–Crippen LogP) is -0.745. The fraction of sp³-hybridized carbons (Fsp3) is 0.571. The monoisotopic (exact) mass is 173 g/mol. The number of nitrogens with one attached hydrogen (secondary N) is 1. The van der Waals surface area contributed by atoms with E-state index in [-0.39, 0.29) is 18.9 Å². The molecule has 0 bridgehead atoms. The average Bonchev–Trinajstić information content (AvgIpc) is 1.96. The average molecular weight is 173 g/mol. The summed E-state index contributed by atoms with van der Waals surface area (Å²) < 4.78 is 4.37. The van der Waals surface area contributed by atoms with Crippen LogP contribution in [0.4, 0.5) is 0 Å². The van der Waals surface area contributed by atoms with Crippen LogP contribution in [-0.2, 0) is 19.1 Å². The van der Waals surface area contributed by atoms with Crippen molar-refractivity contribution in [3.05, 3.63) is 0 Å². The first kappa shape index (κ1) is 10.6. The molecule has 0 radical (unpaired) electrons. The van der Waals surface area contributed by atoms with Crippen molar-refractivity contribution in [3.63, 3.8) is 0 Å². The zero-order valence-electron chi connectivity index (χ0n) is 7.05. The van der Waals surface area contributed by atoms with Crippen LogP contribution in [0.15, 0.2) is 0 Å². The molecule has 5 nitrogen and oxygen atoms in total. The number of hydrogen-bond donors (Lipinski definition) is 1. The number of hydrogen-bond acceptors (Lipinski definition) is 4. The first-order chi connectivity index (χ1) is 5.52. The van der Waals surface area contributed by atoms with Gasteiger partial charge in [0.05, 0.1) is 6.54 Å². The number of amides is 1. The van der Waals surface area contributed by atoms with E-state index in [0.717, 1.165) is 0 Å². The van der Waals surface area contributed by atoms with Crippen molar-refractivity contribution in [1.82, 2.24) is 5.32 Å². The van der Waals surface area contributed by atoms with Gasteiger partial charge in [-0.2, -0.15) is 0 Å². The Bertz CT molecular complexity index is 180. The van der Waals surface area contributed by atoms with Gasteiger partial charge in [-0.3, -0.25) is 14.4 Å². The fourth-order valence-corrected chi connectivity index (χ4v) is 0.441. The first-order valence-corrected chi connectivity index (χ1v) is 3.42. The third-order valence-electron chi connectivity index (χ3n) is 0.941. The van der Waals surface area contributed by atoms with Crippen LogP contribution in [0, 0.1) is 0 Å². The van der Waals surface area contributed by atoms with Crippen molar-refractivity contribution in [3.8, 4) is 0 Å². The molecule has 0 aromatic carbocycles. The summed E-state index contributed by atoms with van der Waals surface area (Å²) in [6.45, 7) is 2.20. The maximum absolute atomic E-state index is 10.7. The van der Waals surface area contributed by atoms with Gasteiger partial charge < -0.3 is 10.1 Å². The van der Waals surface area contributed by atoms with Crippen LogP contribution in [0.5, 0.6) is 0 Å².